The van der Waals surface area contributed by atoms with E-state index in [4.69, 9.17) is 0 Å². The summed E-state index contributed by atoms with van der Waals surface area (Å²) in [5.41, 5.74) is 20.2. The van der Waals surface area contributed by atoms with Crippen molar-refractivity contribution in [1.82, 2.24) is 4.57 Å². The summed E-state index contributed by atoms with van der Waals surface area (Å²) in [4.78, 5) is 2.68. The maximum atomic E-state index is 2.68. The Morgan fingerprint density at radius 2 is 1.04 bits per heavy atom. The molecule has 0 unspecified atom stereocenters. The summed E-state index contributed by atoms with van der Waals surface area (Å²) in [5.74, 6) is 1.87. The first kappa shape index (κ1) is 42.7. The predicted molar refractivity (Wildman–Crippen MR) is 293 cm³/mol. The molecule has 3 fully saturated rings. The number of aromatic nitrogens is 1. The van der Waals surface area contributed by atoms with Gasteiger partial charge in [-0.1, -0.05) is 175 Å². The molecular weight excluding hydrogens is 833 g/mol. The van der Waals surface area contributed by atoms with Crippen LogP contribution < -0.4 is 4.90 Å². The second-order valence-electron chi connectivity index (χ2n) is 22.0. The second-order valence-corrected chi connectivity index (χ2v) is 22.0. The minimum absolute atomic E-state index is 0.0653. The third kappa shape index (κ3) is 7.44. The monoisotopic (exact) mass is 899 g/mol. The fourth-order valence-corrected chi connectivity index (χ4v) is 13.9. The molecule has 0 atom stereocenters. The van der Waals surface area contributed by atoms with Crippen LogP contribution in [0.2, 0.25) is 0 Å². The molecule has 1 heterocycles. The first-order chi connectivity index (χ1) is 34.0. The molecule has 0 amide bonds. The summed E-state index contributed by atoms with van der Waals surface area (Å²) >= 11 is 0. The molecule has 13 rings (SSSR count). The van der Waals surface area contributed by atoms with E-state index in [0.717, 1.165) is 0 Å². The number of hydrogen-bond acceptors (Lipinski definition) is 1. The Balaban J connectivity index is 1.05. The van der Waals surface area contributed by atoms with Crippen LogP contribution in [0.25, 0.3) is 60.5 Å². The van der Waals surface area contributed by atoms with E-state index in [0.29, 0.717) is 17.8 Å². The van der Waals surface area contributed by atoms with E-state index in [1.807, 2.05) is 0 Å². The topological polar surface area (TPSA) is 8.17 Å². The highest BCUT2D eigenvalue weighted by Gasteiger charge is 2.36. The highest BCUT2D eigenvalue weighted by atomic mass is 15.1. The van der Waals surface area contributed by atoms with Gasteiger partial charge in [0.25, 0.3) is 0 Å². The average Bonchev–Trinajstić information content (AvgIpc) is 3.86. The molecule has 2 nitrogen and oxygen atoms in total. The average molecular weight is 899 g/mol. The minimum Gasteiger partial charge on any atom is -0.310 e. The van der Waals surface area contributed by atoms with Crippen LogP contribution >= 0.6 is 0 Å². The lowest BCUT2D eigenvalue weighted by Crippen LogP contribution is -2.16. The van der Waals surface area contributed by atoms with E-state index in [9.17, 15) is 0 Å². The van der Waals surface area contributed by atoms with Gasteiger partial charge in [0.05, 0.1) is 16.7 Å². The predicted octanol–water partition coefficient (Wildman–Crippen LogP) is 19.5. The molecule has 0 spiro atoms. The Morgan fingerprint density at radius 1 is 0.420 bits per heavy atom. The Hall–Kier alpha value is -6.38. The van der Waals surface area contributed by atoms with Crippen molar-refractivity contribution in [3.05, 3.63) is 192 Å². The lowest BCUT2D eigenvalue weighted by Gasteiger charge is -2.33. The van der Waals surface area contributed by atoms with Gasteiger partial charge in [-0.3, -0.25) is 0 Å². The van der Waals surface area contributed by atoms with Crippen molar-refractivity contribution >= 4 is 49.6 Å². The molecule has 344 valence electrons. The third-order valence-corrected chi connectivity index (χ3v) is 17.5. The van der Waals surface area contributed by atoms with Crippen molar-refractivity contribution in [2.24, 2.45) is 0 Å². The van der Waals surface area contributed by atoms with E-state index in [1.54, 1.807) is 11.1 Å². The lowest BCUT2D eigenvalue weighted by atomic mass is 9.79. The second kappa shape index (κ2) is 17.5. The molecule has 0 N–H and O–H groups in total. The van der Waals surface area contributed by atoms with Gasteiger partial charge in [-0.15, -0.1) is 0 Å². The van der Waals surface area contributed by atoms with E-state index in [1.165, 1.54) is 191 Å². The van der Waals surface area contributed by atoms with Gasteiger partial charge in [0.2, 0.25) is 0 Å². The third-order valence-electron chi connectivity index (χ3n) is 17.5. The molecule has 8 aromatic carbocycles. The normalized spacial score (nSPS) is 17.7. The molecule has 0 bridgehead atoms. The van der Waals surface area contributed by atoms with E-state index < -0.39 is 0 Å². The highest BCUT2D eigenvalue weighted by molar-refractivity contribution is 6.13. The summed E-state index contributed by atoms with van der Waals surface area (Å²) < 4.78 is 2.53. The van der Waals surface area contributed by atoms with Crippen LogP contribution in [0.4, 0.5) is 17.1 Å². The molecule has 0 aliphatic heterocycles. The van der Waals surface area contributed by atoms with Gasteiger partial charge >= 0.3 is 0 Å². The van der Waals surface area contributed by atoms with Crippen molar-refractivity contribution in [1.29, 1.82) is 0 Å². The van der Waals surface area contributed by atoms with Crippen molar-refractivity contribution < 1.29 is 0 Å². The first-order valence-corrected chi connectivity index (χ1v) is 26.8. The van der Waals surface area contributed by atoms with Crippen LogP contribution in [0, 0.1) is 0 Å². The number of para-hydroxylation sites is 1. The largest absolute Gasteiger partial charge is 0.310 e. The highest BCUT2D eigenvalue weighted by Crippen LogP contribution is 2.53. The van der Waals surface area contributed by atoms with Crippen molar-refractivity contribution in [2.45, 2.75) is 133 Å². The van der Waals surface area contributed by atoms with E-state index in [-0.39, 0.29) is 5.41 Å². The zero-order valence-electron chi connectivity index (χ0n) is 40.8. The first-order valence-electron chi connectivity index (χ1n) is 26.8. The molecular formula is C67H66N2. The standard InChI is InChI=1S/C67H66N2/c1-67(2)61-31-16-14-29-57(61)59-44-54(35-36-62(59)67)68(55-41-51(46-21-8-4-9-22-46)39-52(42-55)47-23-10-5-11-24-47)65-38-33-48-25-12-13-28-56(48)66(65)50-34-37-64-60(43-50)58-30-15-17-32-63(58)69(64)53-27-18-26-49(40-53)45-19-6-3-7-20-45/h12-18,25-47H,3-11,19-24H2,1-2H3. The molecule has 9 aromatic rings. The summed E-state index contributed by atoms with van der Waals surface area (Å²) in [5, 5.41) is 5.15. The van der Waals surface area contributed by atoms with Gasteiger partial charge in [-0.05, 0) is 172 Å². The Morgan fingerprint density at radius 3 is 1.78 bits per heavy atom. The molecule has 1 aromatic heterocycles. The summed E-state index contributed by atoms with van der Waals surface area (Å²) in [6.45, 7) is 4.81. The number of fused-ring (bicyclic) bond motifs is 7. The summed E-state index contributed by atoms with van der Waals surface area (Å²) in [6.07, 6.45) is 19.9. The smallest absolute Gasteiger partial charge is 0.0546 e. The van der Waals surface area contributed by atoms with E-state index >= 15 is 0 Å². The fraction of sp³-hybridized carbons (Fsp3) is 0.313. The van der Waals surface area contributed by atoms with Crippen LogP contribution in [0.1, 0.15) is 156 Å². The van der Waals surface area contributed by atoms with Gasteiger partial charge in [-0.2, -0.15) is 0 Å². The maximum Gasteiger partial charge on any atom is 0.0546 e. The summed E-state index contributed by atoms with van der Waals surface area (Å²) in [6, 6.07) is 64.4. The molecule has 69 heavy (non-hydrogen) atoms. The lowest BCUT2D eigenvalue weighted by molar-refractivity contribution is 0.435. The summed E-state index contributed by atoms with van der Waals surface area (Å²) in [7, 11) is 0. The van der Waals surface area contributed by atoms with Crippen molar-refractivity contribution in [3.8, 4) is 27.9 Å². The Bertz CT molecular complexity index is 3350. The molecule has 0 saturated heterocycles. The zero-order chi connectivity index (χ0) is 46.1. The van der Waals surface area contributed by atoms with Crippen LogP contribution in [0.3, 0.4) is 0 Å². The number of anilines is 3. The molecule has 4 aliphatic rings. The number of benzene rings is 8. The maximum absolute atomic E-state index is 2.68. The van der Waals surface area contributed by atoms with Gasteiger partial charge in [0.1, 0.15) is 0 Å². The van der Waals surface area contributed by atoms with Crippen molar-refractivity contribution in [2.75, 3.05) is 4.90 Å². The zero-order valence-corrected chi connectivity index (χ0v) is 40.8. The Labute approximate surface area is 410 Å². The van der Waals surface area contributed by atoms with Gasteiger partial charge in [-0.25, -0.2) is 0 Å². The van der Waals surface area contributed by atoms with Crippen LogP contribution in [-0.2, 0) is 5.41 Å². The van der Waals surface area contributed by atoms with Crippen molar-refractivity contribution in [3.63, 3.8) is 0 Å². The molecule has 2 heteroatoms. The molecule has 0 radical (unpaired) electrons. The quantitative estimate of drug-likeness (QED) is 0.148. The number of hydrogen-bond donors (Lipinski definition) is 0. The number of rotatable bonds is 8. The van der Waals surface area contributed by atoms with Crippen LogP contribution in [0.5, 0.6) is 0 Å². The minimum atomic E-state index is -0.0653. The molecule has 4 aliphatic carbocycles. The van der Waals surface area contributed by atoms with Gasteiger partial charge < -0.3 is 9.47 Å². The molecule has 3 saturated carbocycles. The van der Waals surface area contributed by atoms with Crippen LogP contribution in [-0.4, -0.2) is 4.57 Å². The van der Waals surface area contributed by atoms with E-state index in [2.05, 4.69) is 187 Å². The van der Waals surface area contributed by atoms with Crippen LogP contribution in [0.15, 0.2) is 164 Å². The fourth-order valence-electron chi connectivity index (χ4n) is 13.9. The SMILES string of the molecule is CC1(C)c2ccccc2-c2cc(N(c3cc(C4CCCCC4)cc(C4CCCCC4)c3)c3ccc4ccccc4c3-c3ccc4c(c3)c3ccccc3n4-c3cccc(C4CCCCC4)c3)ccc21. The number of nitrogens with zero attached hydrogens (tertiary/aromatic N) is 2. The Kier molecular flexibility index (Phi) is 10.9. The van der Waals surface area contributed by atoms with Gasteiger partial charge in [0.15, 0.2) is 0 Å². The van der Waals surface area contributed by atoms with Gasteiger partial charge in [0, 0.05) is 38.8 Å².